The van der Waals surface area contributed by atoms with Gasteiger partial charge in [0, 0.05) is 43.2 Å². The van der Waals surface area contributed by atoms with E-state index in [1.54, 1.807) is 35.2 Å². The van der Waals surface area contributed by atoms with E-state index in [0.29, 0.717) is 35.8 Å². The van der Waals surface area contributed by atoms with Crippen LogP contribution < -0.4 is 0 Å². The first kappa shape index (κ1) is 22.9. The van der Waals surface area contributed by atoms with Gasteiger partial charge in [-0.3, -0.25) is 19.4 Å². The molecule has 3 aliphatic heterocycles. The average molecular weight is 482 g/mol. The molecule has 2 saturated heterocycles. The molecule has 0 atom stereocenters. The molecule has 0 aromatic heterocycles. The van der Waals surface area contributed by atoms with Crippen LogP contribution in [0, 0.1) is 5.41 Å². The lowest BCUT2D eigenvalue weighted by Gasteiger charge is -2.60. The summed E-state index contributed by atoms with van der Waals surface area (Å²) in [6, 6.07) is 12.6. The van der Waals surface area contributed by atoms with Crippen molar-refractivity contribution in [2.75, 3.05) is 26.2 Å². The summed E-state index contributed by atoms with van der Waals surface area (Å²) in [5.41, 5.74) is 2.30. The maximum atomic E-state index is 12.8. The highest BCUT2D eigenvalue weighted by Crippen LogP contribution is 2.41. The van der Waals surface area contributed by atoms with Crippen LogP contribution in [0.2, 0.25) is 5.02 Å². The Morgan fingerprint density at radius 3 is 2.15 bits per heavy atom. The minimum Gasteiger partial charge on any atom is -0.444 e. The summed E-state index contributed by atoms with van der Waals surface area (Å²) in [6.45, 7) is 9.60. The molecule has 2 aromatic rings. The number of carbonyl (C=O) groups excluding carboxylic acids is 3. The highest BCUT2D eigenvalue weighted by molar-refractivity contribution is 6.31. The number of amides is 3. The number of ether oxygens (including phenoxy) is 1. The van der Waals surface area contributed by atoms with Gasteiger partial charge in [0.1, 0.15) is 5.60 Å². The fourth-order valence-electron chi connectivity index (χ4n) is 5.14. The number of halogens is 1. The maximum absolute atomic E-state index is 12.8. The van der Waals surface area contributed by atoms with Crippen LogP contribution in [0.25, 0.3) is 0 Å². The zero-order valence-corrected chi connectivity index (χ0v) is 20.4. The molecular formula is C26H28ClN3O4. The van der Waals surface area contributed by atoms with Crippen LogP contribution >= 0.6 is 11.6 Å². The molecule has 0 radical (unpaired) electrons. The minimum atomic E-state index is -0.492. The molecule has 3 amide bonds. The molecule has 3 heterocycles. The number of hydrogen-bond acceptors (Lipinski definition) is 5. The fourth-order valence-corrected chi connectivity index (χ4v) is 5.40. The molecule has 1 spiro atoms. The van der Waals surface area contributed by atoms with Crippen molar-refractivity contribution in [1.82, 2.24) is 14.7 Å². The topological polar surface area (TPSA) is 70.2 Å². The number of rotatable bonds is 4. The number of fused-ring (bicyclic) bond motifs is 1. The summed E-state index contributed by atoms with van der Waals surface area (Å²) >= 11 is 6.53. The van der Waals surface area contributed by atoms with Crippen molar-refractivity contribution in [1.29, 1.82) is 0 Å². The monoisotopic (exact) mass is 481 g/mol. The zero-order chi connectivity index (χ0) is 24.3. The first-order valence-corrected chi connectivity index (χ1v) is 11.8. The molecule has 5 rings (SSSR count). The molecular weight excluding hydrogens is 454 g/mol. The fraction of sp³-hybridized carbons (Fsp3) is 0.423. The lowest BCUT2D eigenvalue weighted by atomic mass is 9.73. The minimum absolute atomic E-state index is 0.123. The second-order valence-electron chi connectivity index (χ2n) is 10.6. The van der Waals surface area contributed by atoms with E-state index >= 15 is 0 Å². The Kier molecular flexibility index (Phi) is 5.45. The number of hydrogen-bond donors (Lipinski definition) is 0. The van der Waals surface area contributed by atoms with Crippen LogP contribution in [0.15, 0.2) is 42.5 Å². The standard InChI is InChI=1S/C26H28ClN3O4/c1-25(2,3)34-24(33)29-15-26(16-29)13-28(14-26)11-17-7-6-10-21(27)20(17)12-30-22(31)18-8-4-5-9-19(18)23(30)32/h4-10H,11-16H2,1-3H3. The first-order chi connectivity index (χ1) is 16.1. The number of benzene rings is 2. The van der Waals surface area contributed by atoms with Gasteiger partial charge in [0.2, 0.25) is 0 Å². The molecule has 0 aliphatic carbocycles. The third-order valence-corrected chi connectivity index (χ3v) is 6.98. The predicted octanol–water partition coefficient (Wildman–Crippen LogP) is 4.19. The molecule has 0 bridgehead atoms. The Morgan fingerprint density at radius 2 is 1.56 bits per heavy atom. The first-order valence-electron chi connectivity index (χ1n) is 11.5. The van der Waals surface area contributed by atoms with Crippen molar-refractivity contribution in [2.45, 2.75) is 39.5 Å². The van der Waals surface area contributed by atoms with Crippen molar-refractivity contribution in [2.24, 2.45) is 5.41 Å². The van der Waals surface area contributed by atoms with Crippen LogP contribution in [-0.4, -0.2) is 64.4 Å². The molecule has 0 unspecified atom stereocenters. The third-order valence-electron chi connectivity index (χ3n) is 6.63. The quantitative estimate of drug-likeness (QED) is 0.612. The van der Waals surface area contributed by atoms with Crippen LogP contribution in [0.3, 0.4) is 0 Å². The van der Waals surface area contributed by atoms with Crippen molar-refractivity contribution in [3.63, 3.8) is 0 Å². The zero-order valence-electron chi connectivity index (χ0n) is 19.6. The van der Waals surface area contributed by atoms with E-state index < -0.39 is 5.60 Å². The highest BCUT2D eigenvalue weighted by Gasteiger charge is 2.53. The summed E-state index contributed by atoms with van der Waals surface area (Å²) < 4.78 is 5.46. The maximum Gasteiger partial charge on any atom is 0.410 e. The Bertz CT molecular complexity index is 1140. The van der Waals surface area contributed by atoms with Crippen molar-refractivity contribution >= 4 is 29.5 Å². The third kappa shape index (κ3) is 4.07. The van der Waals surface area contributed by atoms with Gasteiger partial charge in [0.05, 0.1) is 17.7 Å². The van der Waals surface area contributed by atoms with Gasteiger partial charge in [0.25, 0.3) is 11.8 Å². The van der Waals surface area contributed by atoms with Crippen LogP contribution in [-0.2, 0) is 17.8 Å². The van der Waals surface area contributed by atoms with Crippen LogP contribution in [0.1, 0.15) is 52.6 Å². The lowest BCUT2D eigenvalue weighted by molar-refractivity contribution is -0.115. The van der Waals surface area contributed by atoms with Crippen LogP contribution in [0.5, 0.6) is 0 Å². The van der Waals surface area contributed by atoms with Gasteiger partial charge in [-0.25, -0.2) is 4.79 Å². The van der Waals surface area contributed by atoms with E-state index in [-0.39, 0.29) is 29.9 Å². The van der Waals surface area contributed by atoms with Crippen molar-refractivity contribution < 1.29 is 19.1 Å². The predicted molar refractivity (Wildman–Crippen MR) is 128 cm³/mol. The molecule has 2 fully saturated rings. The average Bonchev–Trinajstić information content (AvgIpc) is 2.94. The summed E-state index contributed by atoms with van der Waals surface area (Å²) in [6.07, 6.45) is -0.255. The highest BCUT2D eigenvalue weighted by atomic mass is 35.5. The Hall–Kier alpha value is -2.90. The molecule has 7 nitrogen and oxygen atoms in total. The summed E-state index contributed by atoms with van der Waals surface area (Å²) in [5, 5.41) is 0.545. The molecule has 0 N–H and O–H groups in total. The van der Waals surface area contributed by atoms with Gasteiger partial charge in [-0.2, -0.15) is 0 Å². The molecule has 2 aromatic carbocycles. The molecule has 3 aliphatic rings. The second kappa shape index (κ2) is 8.10. The Labute approximate surface area is 204 Å². The van der Waals surface area contributed by atoms with E-state index in [0.717, 1.165) is 24.2 Å². The largest absolute Gasteiger partial charge is 0.444 e. The van der Waals surface area contributed by atoms with E-state index in [2.05, 4.69) is 4.90 Å². The van der Waals surface area contributed by atoms with Gasteiger partial charge in [0.15, 0.2) is 0 Å². The summed E-state index contributed by atoms with van der Waals surface area (Å²) in [7, 11) is 0. The Balaban J connectivity index is 1.22. The molecule has 0 saturated carbocycles. The number of carbonyl (C=O) groups is 3. The lowest BCUT2D eigenvalue weighted by Crippen LogP contribution is -2.72. The van der Waals surface area contributed by atoms with Gasteiger partial charge in [-0.15, -0.1) is 0 Å². The van der Waals surface area contributed by atoms with Crippen molar-refractivity contribution in [3.05, 3.63) is 69.7 Å². The molecule has 178 valence electrons. The van der Waals surface area contributed by atoms with E-state index in [1.165, 1.54) is 4.90 Å². The normalized spacial score (nSPS) is 19.2. The summed E-state index contributed by atoms with van der Waals surface area (Å²) in [5.74, 6) is -0.572. The van der Waals surface area contributed by atoms with E-state index in [4.69, 9.17) is 16.3 Å². The van der Waals surface area contributed by atoms with Gasteiger partial charge in [-0.1, -0.05) is 35.9 Å². The Morgan fingerprint density at radius 1 is 0.941 bits per heavy atom. The number of imide groups is 1. The van der Waals surface area contributed by atoms with Crippen molar-refractivity contribution in [3.8, 4) is 0 Å². The SMILES string of the molecule is CC(C)(C)OC(=O)N1CC2(CN(Cc3cccc(Cl)c3CN3C(=O)c4ccccc4C3=O)C2)C1. The number of likely N-dealkylation sites (tertiary alicyclic amines) is 2. The smallest absolute Gasteiger partial charge is 0.410 e. The van der Waals surface area contributed by atoms with Crippen LogP contribution in [0.4, 0.5) is 4.79 Å². The second-order valence-corrected chi connectivity index (χ2v) is 11.0. The summed E-state index contributed by atoms with van der Waals surface area (Å²) in [4.78, 5) is 43.3. The molecule has 34 heavy (non-hydrogen) atoms. The van der Waals surface area contributed by atoms with Gasteiger partial charge < -0.3 is 9.64 Å². The van der Waals surface area contributed by atoms with E-state index in [9.17, 15) is 14.4 Å². The number of nitrogens with zero attached hydrogens (tertiary/aromatic N) is 3. The van der Waals surface area contributed by atoms with Gasteiger partial charge >= 0.3 is 6.09 Å². The van der Waals surface area contributed by atoms with E-state index in [1.807, 2.05) is 32.9 Å². The van der Waals surface area contributed by atoms with Gasteiger partial charge in [-0.05, 0) is 50.1 Å². The molecule has 8 heteroatoms.